The summed E-state index contributed by atoms with van der Waals surface area (Å²) >= 11 is 0. The predicted octanol–water partition coefficient (Wildman–Crippen LogP) is 2.16. The van der Waals surface area contributed by atoms with Crippen molar-refractivity contribution in [2.75, 3.05) is 0 Å². The predicted molar refractivity (Wildman–Crippen MR) is 94.3 cm³/mol. The summed E-state index contributed by atoms with van der Waals surface area (Å²) in [5.74, 6) is 0.918. The third-order valence-corrected chi connectivity index (χ3v) is 3.57. The molecule has 132 valence electrons. The molecule has 0 fully saturated rings. The van der Waals surface area contributed by atoms with Gasteiger partial charge in [-0.2, -0.15) is 0 Å². The average molecular weight is 342 g/mol. The molecule has 0 saturated heterocycles. The van der Waals surface area contributed by atoms with Crippen LogP contribution in [0.2, 0.25) is 0 Å². The highest BCUT2D eigenvalue weighted by molar-refractivity contribution is 5.86. The minimum atomic E-state index is -0.739. The van der Waals surface area contributed by atoms with Crippen molar-refractivity contribution in [2.45, 2.75) is 33.4 Å². The molecule has 2 aromatic rings. The molecule has 1 unspecified atom stereocenters. The van der Waals surface area contributed by atoms with E-state index >= 15 is 0 Å². The van der Waals surface area contributed by atoms with Gasteiger partial charge in [-0.05, 0) is 43.5 Å². The number of nitrogens with two attached hydrogens (primary N) is 1. The summed E-state index contributed by atoms with van der Waals surface area (Å²) in [7, 11) is 0. The van der Waals surface area contributed by atoms with Crippen LogP contribution in [-0.4, -0.2) is 23.0 Å². The van der Waals surface area contributed by atoms with Gasteiger partial charge in [-0.3, -0.25) is 4.79 Å². The van der Waals surface area contributed by atoms with Crippen molar-refractivity contribution >= 4 is 11.9 Å². The zero-order valence-corrected chi connectivity index (χ0v) is 14.5. The van der Waals surface area contributed by atoms with Crippen LogP contribution in [0.1, 0.15) is 23.6 Å². The van der Waals surface area contributed by atoms with Crippen molar-refractivity contribution in [3.8, 4) is 11.6 Å². The lowest BCUT2D eigenvalue weighted by molar-refractivity contribution is -0.122. The Morgan fingerprint density at radius 3 is 2.64 bits per heavy atom. The monoisotopic (exact) mass is 342 g/mol. The van der Waals surface area contributed by atoms with Crippen LogP contribution in [0.25, 0.3) is 0 Å². The van der Waals surface area contributed by atoms with Gasteiger partial charge in [0.2, 0.25) is 11.8 Å². The maximum atomic E-state index is 11.8. The smallest absolute Gasteiger partial charge is 0.312 e. The molecule has 0 aliphatic carbocycles. The summed E-state index contributed by atoms with van der Waals surface area (Å²) in [6.07, 6.45) is 1.63. The Bertz CT molecular complexity index is 759. The van der Waals surface area contributed by atoms with E-state index in [2.05, 4.69) is 15.6 Å². The molecule has 0 saturated carbocycles. The minimum absolute atomic E-state index is 0.292. The lowest BCUT2D eigenvalue weighted by Gasteiger charge is -2.13. The molecule has 4 N–H and O–H groups in total. The molecule has 0 bridgehead atoms. The Hall–Kier alpha value is -3.09. The van der Waals surface area contributed by atoms with E-state index in [1.807, 2.05) is 38.1 Å². The number of nitrogens with zero attached hydrogens (tertiary/aromatic N) is 1. The molecule has 0 spiro atoms. The average Bonchev–Trinajstić information content (AvgIpc) is 2.56. The maximum Gasteiger partial charge on any atom is 0.312 e. The zero-order chi connectivity index (χ0) is 18.4. The van der Waals surface area contributed by atoms with Crippen LogP contribution >= 0.6 is 0 Å². The van der Waals surface area contributed by atoms with E-state index in [0.717, 1.165) is 22.4 Å². The van der Waals surface area contributed by atoms with Crippen molar-refractivity contribution in [1.29, 1.82) is 0 Å². The standard InChI is InChI=1S/C18H22N4O3/c1-11-4-5-12(2)15(8-11)25-16-7-6-14(9-20-16)10-21-17(23)13(3)22-18(19)24/h4-9,13H,10H2,1-3H3,(H,21,23)(H3,19,22,24). The van der Waals surface area contributed by atoms with Gasteiger partial charge in [0.15, 0.2) is 0 Å². The fourth-order valence-corrected chi connectivity index (χ4v) is 2.13. The number of primary amides is 1. The Morgan fingerprint density at radius 1 is 1.24 bits per heavy atom. The molecular formula is C18H22N4O3. The van der Waals surface area contributed by atoms with Gasteiger partial charge in [-0.1, -0.05) is 18.2 Å². The van der Waals surface area contributed by atoms with E-state index in [9.17, 15) is 9.59 Å². The number of carbonyl (C=O) groups excluding carboxylic acids is 2. The summed E-state index contributed by atoms with van der Waals surface area (Å²) in [6, 6.07) is 8.10. The SMILES string of the molecule is Cc1ccc(C)c(Oc2ccc(CNC(=O)C(C)NC(N)=O)cn2)c1. The van der Waals surface area contributed by atoms with Crippen molar-refractivity contribution < 1.29 is 14.3 Å². The fraction of sp³-hybridized carbons (Fsp3) is 0.278. The van der Waals surface area contributed by atoms with Crippen molar-refractivity contribution in [3.05, 3.63) is 53.2 Å². The lowest BCUT2D eigenvalue weighted by atomic mass is 10.1. The topological polar surface area (TPSA) is 106 Å². The van der Waals surface area contributed by atoms with Crippen LogP contribution in [0, 0.1) is 13.8 Å². The highest BCUT2D eigenvalue weighted by atomic mass is 16.5. The van der Waals surface area contributed by atoms with Gasteiger partial charge < -0.3 is 21.1 Å². The molecule has 1 atom stereocenters. The van der Waals surface area contributed by atoms with Crippen molar-refractivity contribution in [2.24, 2.45) is 5.73 Å². The minimum Gasteiger partial charge on any atom is -0.439 e. The molecule has 0 aliphatic heterocycles. The number of hydrogen-bond acceptors (Lipinski definition) is 4. The first kappa shape index (κ1) is 18.3. The van der Waals surface area contributed by atoms with Gasteiger partial charge in [0, 0.05) is 18.8 Å². The Labute approximate surface area is 146 Å². The Kier molecular flexibility index (Phi) is 5.94. The van der Waals surface area contributed by atoms with Crippen molar-refractivity contribution in [3.63, 3.8) is 0 Å². The van der Waals surface area contributed by atoms with Gasteiger partial charge in [0.25, 0.3) is 0 Å². The third-order valence-electron chi connectivity index (χ3n) is 3.57. The first-order chi connectivity index (χ1) is 11.8. The van der Waals surface area contributed by atoms with Crippen LogP contribution in [-0.2, 0) is 11.3 Å². The number of aryl methyl sites for hydroxylation is 2. The van der Waals surface area contributed by atoms with E-state index in [1.54, 1.807) is 19.2 Å². The second-order valence-electron chi connectivity index (χ2n) is 5.82. The largest absolute Gasteiger partial charge is 0.439 e. The number of amides is 3. The summed E-state index contributed by atoms with van der Waals surface area (Å²) in [6.45, 7) is 5.82. The van der Waals surface area contributed by atoms with Gasteiger partial charge in [-0.25, -0.2) is 9.78 Å². The number of urea groups is 1. The molecule has 1 heterocycles. The van der Waals surface area contributed by atoms with Crippen LogP contribution in [0.5, 0.6) is 11.6 Å². The molecule has 2 rings (SSSR count). The van der Waals surface area contributed by atoms with Crippen LogP contribution in [0.15, 0.2) is 36.5 Å². The number of pyridine rings is 1. The van der Waals surface area contributed by atoms with E-state index in [4.69, 9.17) is 10.5 Å². The number of carbonyl (C=O) groups is 2. The van der Waals surface area contributed by atoms with Gasteiger partial charge in [0.1, 0.15) is 11.8 Å². The van der Waals surface area contributed by atoms with Crippen LogP contribution < -0.4 is 21.1 Å². The first-order valence-electron chi connectivity index (χ1n) is 7.89. The summed E-state index contributed by atoms with van der Waals surface area (Å²) < 4.78 is 5.79. The number of aromatic nitrogens is 1. The van der Waals surface area contributed by atoms with E-state index in [0.29, 0.717) is 12.4 Å². The van der Waals surface area contributed by atoms with Crippen LogP contribution in [0.3, 0.4) is 0 Å². The number of hydrogen-bond donors (Lipinski definition) is 3. The molecule has 1 aromatic carbocycles. The van der Waals surface area contributed by atoms with Gasteiger partial charge >= 0.3 is 6.03 Å². The number of nitrogens with one attached hydrogen (secondary N) is 2. The molecular weight excluding hydrogens is 320 g/mol. The molecule has 25 heavy (non-hydrogen) atoms. The molecule has 1 aromatic heterocycles. The summed E-state index contributed by atoms with van der Waals surface area (Å²) in [5, 5.41) is 5.02. The molecule has 0 aliphatic rings. The van der Waals surface area contributed by atoms with E-state index < -0.39 is 12.1 Å². The molecule has 0 radical (unpaired) electrons. The Morgan fingerprint density at radius 2 is 2.00 bits per heavy atom. The number of benzene rings is 1. The Balaban J connectivity index is 1.92. The molecule has 3 amide bonds. The zero-order valence-electron chi connectivity index (χ0n) is 14.5. The normalized spacial score (nSPS) is 11.5. The van der Waals surface area contributed by atoms with Gasteiger partial charge in [-0.15, -0.1) is 0 Å². The van der Waals surface area contributed by atoms with Crippen LogP contribution in [0.4, 0.5) is 4.79 Å². The first-order valence-corrected chi connectivity index (χ1v) is 7.89. The second-order valence-corrected chi connectivity index (χ2v) is 5.82. The summed E-state index contributed by atoms with van der Waals surface area (Å²) in [5.41, 5.74) is 7.93. The summed E-state index contributed by atoms with van der Waals surface area (Å²) in [4.78, 5) is 26.8. The maximum absolute atomic E-state index is 11.8. The quantitative estimate of drug-likeness (QED) is 0.748. The number of ether oxygens (including phenoxy) is 1. The van der Waals surface area contributed by atoms with E-state index in [-0.39, 0.29) is 5.91 Å². The highest BCUT2D eigenvalue weighted by Gasteiger charge is 2.13. The molecule has 7 nitrogen and oxygen atoms in total. The van der Waals surface area contributed by atoms with Crippen molar-refractivity contribution in [1.82, 2.24) is 15.6 Å². The fourth-order valence-electron chi connectivity index (χ4n) is 2.13. The second kappa shape index (κ2) is 8.14. The lowest BCUT2D eigenvalue weighted by Crippen LogP contribution is -2.46. The number of rotatable bonds is 6. The third kappa shape index (κ3) is 5.49. The molecule has 7 heteroatoms. The van der Waals surface area contributed by atoms with E-state index in [1.165, 1.54) is 0 Å². The van der Waals surface area contributed by atoms with Gasteiger partial charge in [0.05, 0.1) is 0 Å². The highest BCUT2D eigenvalue weighted by Crippen LogP contribution is 2.24.